The summed E-state index contributed by atoms with van der Waals surface area (Å²) in [5.74, 6) is 1.86. The van der Waals surface area contributed by atoms with Crippen molar-refractivity contribution in [1.29, 1.82) is 0 Å². The van der Waals surface area contributed by atoms with Gasteiger partial charge in [-0.3, -0.25) is 4.90 Å². The molecule has 0 amide bonds. The van der Waals surface area contributed by atoms with Gasteiger partial charge in [-0.2, -0.15) is 0 Å². The van der Waals surface area contributed by atoms with Crippen LogP contribution in [0, 0.1) is 5.92 Å². The minimum absolute atomic E-state index is 0.274. The van der Waals surface area contributed by atoms with E-state index < -0.39 is 0 Å². The van der Waals surface area contributed by atoms with Crippen molar-refractivity contribution in [1.82, 2.24) is 9.80 Å². The summed E-state index contributed by atoms with van der Waals surface area (Å²) in [6, 6.07) is 8.78. The van der Waals surface area contributed by atoms with E-state index in [-0.39, 0.29) is 6.61 Å². The molecule has 4 heteroatoms. The third kappa shape index (κ3) is 4.22. The van der Waals surface area contributed by atoms with Gasteiger partial charge in [0.15, 0.2) is 0 Å². The molecule has 1 aromatic rings. The fourth-order valence-electron chi connectivity index (χ4n) is 3.43. The lowest BCUT2D eigenvalue weighted by molar-refractivity contribution is 0.0515. The number of rotatable bonds is 7. The highest BCUT2D eigenvalue weighted by atomic mass is 16.5. The number of aliphatic hydroxyl groups is 1. The van der Waals surface area contributed by atoms with Gasteiger partial charge in [0.05, 0.1) is 7.11 Å². The molecule has 2 fully saturated rings. The molecule has 1 aromatic carbocycles. The topological polar surface area (TPSA) is 35.9 Å². The minimum Gasteiger partial charge on any atom is -0.497 e. The molecule has 22 heavy (non-hydrogen) atoms. The zero-order valence-electron chi connectivity index (χ0n) is 13.6. The van der Waals surface area contributed by atoms with E-state index in [0.717, 1.165) is 44.3 Å². The van der Waals surface area contributed by atoms with E-state index in [1.807, 2.05) is 6.07 Å². The zero-order chi connectivity index (χ0) is 15.4. The number of piperazine rings is 1. The number of hydrogen-bond acceptors (Lipinski definition) is 4. The maximum absolute atomic E-state index is 9.40. The molecular weight excluding hydrogens is 276 g/mol. The highest BCUT2D eigenvalue weighted by Gasteiger charge is 2.30. The van der Waals surface area contributed by atoms with Gasteiger partial charge in [-0.05, 0) is 42.9 Å². The van der Waals surface area contributed by atoms with Crippen molar-refractivity contribution >= 4 is 0 Å². The molecular formula is C18H28N2O2. The minimum atomic E-state index is 0.274. The van der Waals surface area contributed by atoms with Crippen LogP contribution in [0.2, 0.25) is 0 Å². The number of aliphatic hydroxyl groups excluding tert-OH is 1. The SMILES string of the molecule is COc1cccc(CN2CCN(CC3CC3)CC2CCO)c1. The first-order valence-electron chi connectivity index (χ1n) is 8.48. The van der Waals surface area contributed by atoms with Crippen molar-refractivity contribution in [2.75, 3.05) is 39.9 Å². The summed E-state index contributed by atoms with van der Waals surface area (Å²) in [7, 11) is 1.71. The van der Waals surface area contributed by atoms with E-state index >= 15 is 0 Å². The third-order valence-corrected chi connectivity index (χ3v) is 4.88. The lowest BCUT2D eigenvalue weighted by atomic mass is 10.1. The van der Waals surface area contributed by atoms with Crippen LogP contribution in [0.5, 0.6) is 5.75 Å². The Morgan fingerprint density at radius 1 is 1.27 bits per heavy atom. The van der Waals surface area contributed by atoms with Crippen molar-refractivity contribution in [2.45, 2.75) is 31.8 Å². The molecule has 1 aliphatic heterocycles. The second-order valence-corrected chi connectivity index (χ2v) is 6.69. The highest BCUT2D eigenvalue weighted by Crippen LogP contribution is 2.30. The first kappa shape index (κ1) is 15.8. The van der Waals surface area contributed by atoms with Crippen LogP contribution in [-0.2, 0) is 6.54 Å². The lowest BCUT2D eigenvalue weighted by Crippen LogP contribution is -2.53. The monoisotopic (exact) mass is 304 g/mol. The Hall–Kier alpha value is -1.10. The number of nitrogens with zero attached hydrogens (tertiary/aromatic N) is 2. The average Bonchev–Trinajstić information content (AvgIpc) is 3.34. The highest BCUT2D eigenvalue weighted by molar-refractivity contribution is 5.28. The molecule has 0 aromatic heterocycles. The molecule has 1 atom stereocenters. The van der Waals surface area contributed by atoms with Crippen LogP contribution in [-0.4, -0.2) is 60.8 Å². The Morgan fingerprint density at radius 3 is 2.86 bits per heavy atom. The first-order valence-corrected chi connectivity index (χ1v) is 8.48. The average molecular weight is 304 g/mol. The molecule has 1 saturated carbocycles. The number of benzene rings is 1. The van der Waals surface area contributed by atoms with Crippen LogP contribution in [0.1, 0.15) is 24.8 Å². The molecule has 0 spiro atoms. The van der Waals surface area contributed by atoms with Gasteiger partial charge >= 0.3 is 0 Å². The Bertz CT molecular complexity index is 476. The van der Waals surface area contributed by atoms with Gasteiger partial charge < -0.3 is 14.7 Å². The van der Waals surface area contributed by atoms with E-state index in [4.69, 9.17) is 4.74 Å². The molecule has 4 nitrogen and oxygen atoms in total. The predicted molar refractivity (Wildman–Crippen MR) is 88.1 cm³/mol. The summed E-state index contributed by atoms with van der Waals surface area (Å²) in [4.78, 5) is 5.12. The van der Waals surface area contributed by atoms with Gasteiger partial charge in [-0.1, -0.05) is 12.1 Å². The second kappa shape index (κ2) is 7.44. The fraction of sp³-hybridized carbons (Fsp3) is 0.667. The summed E-state index contributed by atoms with van der Waals surface area (Å²) in [5.41, 5.74) is 1.29. The van der Waals surface area contributed by atoms with Crippen LogP contribution in [0.3, 0.4) is 0 Å². The van der Waals surface area contributed by atoms with Crippen molar-refractivity contribution in [3.63, 3.8) is 0 Å². The van der Waals surface area contributed by atoms with Gasteiger partial charge in [0.1, 0.15) is 5.75 Å². The van der Waals surface area contributed by atoms with Gasteiger partial charge in [0, 0.05) is 45.4 Å². The number of ether oxygens (including phenoxy) is 1. The van der Waals surface area contributed by atoms with E-state index in [0.29, 0.717) is 6.04 Å². The maximum atomic E-state index is 9.40. The van der Waals surface area contributed by atoms with Crippen LogP contribution in [0.4, 0.5) is 0 Å². The smallest absolute Gasteiger partial charge is 0.119 e. The summed E-state index contributed by atoms with van der Waals surface area (Å²) in [5, 5.41) is 9.40. The number of hydrogen-bond donors (Lipinski definition) is 1. The van der Waals surface area contributed by atoms with Gasteiger partial charge in [-0.15, -0.1) is 0 Å². The van der Waals surface area contributed by atoms with Crippen molar-refractivity contribution in [2.24, 2.45) is 5.92 Å². The standard InChI is InChI=1S/C18H28N2O2/c1-22-18-4-2-3-16(11-18)13-20-9-8-19(12-15-5-6-15)14-17(20)7-10-21/h2-4,11,15,17,21H,5-10,12-14H2,1H3. The molecule has 0 radical (unpaired) electrons. The van der Waals surface area contributed by atoms with E-state index in [9.17, 15) is 5.11 Å². The Balaban J connectivity index is 1.60. The molecule has 2 aliphatic rings. The zero-order valence-corrected chi connectivity index (χ0v) is 13.6. The summed E-state index contributed by atoms with van der Waals surface area (Å²) in [6.07, 6.45) is 3.69. The van der Waals surface area contributed by atoms with Gasteiger partial charge in [0.2, 0.25) is 0 Å². The third-order valence-electron chi connectivity index (χ3n) is 4.88. The lowest BCUT2D eigenvalue weighted by Gasteiger charge is -2.41. The molecule has 122 valence electrons. The van der Waals surface area contributed by atoms with Crippen LogP contribution in [0.15, 0.2) is 24.3 Å². The van der Waals surface area contributed by atoms with Crippen LogP contribution in [0.25, 0.3) is 0 Å². The largest absolute Gasteiger partial charge is 0.497 e. The summed E-state index contributed by atoms with van der Waals surface area (Å²) < 4.78 is 5.32. The Labute approximate surface area is 133 Å². The quantitative estimate of drug-likeness (QED) is 0.835. The Morgan fingerprint density at radius 2 is 2.14 bits per heavy atom. The van der Waals surface area contributed by atoms with Gasteiger partial charge in [0.25, 0.3) is 0 Å². The van der Waals surface area contributed by atoms with Crippen molar-refractivity contribution in [3.8, 4) is 5.75 Å². The molecule has 3 rings (SSSR count). The van der Waals surface area contributed by atoms with Crippen molar-refractivity contribution < 1.29 is 9.84 Å². The van der Waals surface area contributed by atoms with Crippen LogP contribution >= 0.6 is 0 Å². The molecule has 1 aliphatic carbocycles. The van der Waals surface area contributed by atoms with Gasteiger partial charge in [-0.25, -0.2) is 0 Å². The molecule has 1 heterocycles. The van der Waals surface area contributed by atoms with Crippen molar-refractivity contribution in [3.05, 3.63) is 29.8 Å². The van der Waals surface area contributed by atoms with E-state index in [1.165, 1.54) is 24.9 Å². The Kier molecular flexibility index (Phi) is 5.34. The second-order valence-electron chi connectivity index (χ2n) is 6.69. The maximum Gasteiger partial charge on any atom is 0.119 e. The molecule has 1 unspecified atom stereocenters. The predicted octanol–water partition coefficient (Wildman–Crippen LogP) is 1.97. The fourth-order valence-corrected chi connectivity index (χ4v) is 3.43. The first-order chi connectivity index (χ1) is 10.8. The van der Waals surface area contributed by atoms with E-state index in [2.05, 4.69) is 28.0 Å². The molecule has 1 saturated heterocycles. The van der Waals surface area contributed by atoms with Crippen LogP contribution < -0.4 is 4.74 Å². The normalized spacial score (nSPS) is 23.6. The van der Waals surface area contributed by atoms with E-state index in [1.54, 1.807) is 7.11 Å². The molecule has 0 bridgehead atoms. The summed E-state index contributed by atoms with van der Waals surface area (Å²) >= 11 is 0. The summed E-state index contributed by atoms with van der Waals surface area (Å²) in [6.45, 7) is 5.82. The molecule has 1 N–H and O–H groups in total. The number of methoxy groups -OCH3 is 1.